The number of hydrogen-bond donors (Lipinski definition) is 0. The first-order valence-electron chi connectivity index (χ1n) is 7.10. The van der Waals surface area contributed by atoms with Crippen LogP contribution in [0.3, 0.4) is 0 Å². The minimum Gasteiger partial charge on any atom is -0.467 e. The van der Waals surface area contributed by atoms with Crippen LogP contribution >= 0.6 is 0 Å². The van der Waals surface area contributed by atoms with Gasteiger partial charge in [0.1, 0.15) is 5.75 Å². The number of carbonyl (C=O) groups is 1. The summed E-state index contributed by atoms with van der Waals surface area (Å²) in [7, 11) is 1.13. The van der Waals surface area contributed by atoms with E-state index < -0.39 is 24.9 Å². The standard InChI is InChI=1S/C15H18F3NO4/c1-21-14(20)12(16)8-19-5-6-22-13(9-19)10-3-2-4-11(7-10)23-15(17)18/h2-4,7,12-13,15H,5-6,8-9H2,1H3/t12-,13-/m1/s1. The van der Waals surface area contributed by atoms with Crippen LogP contribution in [0.15, 0.2) is 24.3 Å². The Labute approximate surface area is 131 Å². The summed E-state index contributed by atoms with van der Waals surface area (Å²) in [4.78, 5) is 12.9. The van der Waals surface area contributed by atoms with Gasteiger partial charge in [-0.25, -0.2) is 9.18 Å². The Hall–Kier alpha value is -1.80. The zero-order valence-corrected chi connectivity index (χ0v) is 12.6. The molecule has 23 heavy (non-hydrogen) atoms. The minimum absolute atomic E-state index is 0.0381. The predicted molar refractivity (Wildman–Crippen MR) is 75.1 cm³/mol. The fourth-order valence-electron chi connectivity index (χ4n) is 2.39. The lowest BCUT2D eigenvalue weighted by molar-refractivity contribution is -0.148. The molecular formula is C15H18F3NO4. The first-order valence-corrected chi connectivity index (χ1v) is 7.10. The Morgan fingerprint density at radius 3 is 2.91 bits per heavy atom. The van der Waals surface area contributed by atoms with Gasteiger partial charge in [0.2, 0.25) is 6.17 Å². The van der Waals surface area contributed by atoms with E-state index in [2.05, 4.69) is 9.47 Å². The molecule has 8 heteroatoms. The summed E-state index contributed by atoms with van der Waals surface area (Å²) in [5, 5.41) is 0. The molecule has 5 nitrogen and oxygen atoms in total. The zero-order valence-electron chi connectivity index (χ0n) is 12.6. The maximum absolute atomic E-state index is 13.7. The molecule has 1 aliphatic rings. The van der Waals surface area contributed by atoms with Crippen LogP contribution in [0.25, 0.3) is 0 Å². The third kappa shape index (κ3) is 5.11. The van der Waals surface area contributed by atoms with Crippen LogP contribution in [0.2, 0.25) is 0 Å². The summed E-state index contributed by atoms with van der Waals surface area (Å²) in [5.74, 6) is -0.878. The number of rotatable bonds is 6. The van der Waals surface area contributed by atoms with Crippen molar-refractivity contribution in [2.45, 2.75) is 18.9 Å². The Morgan fingerprint density at radius 1 is 1.43 bits per heavy atom. The number of halogens is 3. The number of hydrogen-bond acceptors (Lipinski definition) is 5. The van der Waals surface area contributed by atoms with Crippen LogP contribution in [0.5, 0.6) is 5.75 Å². The summed E-state index contributed by atoms with van der Waals surface area (Å²) in [5.41, 5.74) is 0.654. The van der Waals surface area contributed by atoms with Crippen molar-refractivity contribution in [2.24, 2.45) is 0 Å². The van der Waals surface area contributed by atoms with E-state index in [1.165, 1.54) is 12.1 Å². The first kappa shape index (κ1) is 17.6. The zero-order chi connectivity index (χ0) is 16.8. The SMILES string of the molecule is COC(=O)[C@H](F)CN1CCO[C@@H](c2cccc(OC(F)F)c2)C1. The second-order valence-electron chi connectivity index (χ2n) is 5.06. The van der Waals surface area contributed by atoms with Crippen molar-refractivity contribution in [2.75, 3.05) is 33.4 Å². The molecule has 0 amide bonds. The van der Waals surface area contributed by atoms with Gasteiger partial charge in [-0.05, 0) is 17.7 Å². The van der Waals surface area contributed by atoms with E-state index in [1.54, 1.807) is 17.0 Å². The van der Waals surface area contributed by atoms with Gasteiger partial charge in [-0.1, -0.05) is 12.1 Å². The van der Waals surface area contributed by atoms with E-state index in [0.717, 1.165) is 7.11 Å². The highest BCUT2D eigenvalue weighted by Gasteiger charge is 2.27. The summed E-state index contributed by atoms with van der Waals surface area (Å²) in [6.07, 6.45) is -2.14. The van der Waals surface area contributed by atoms with Crippen LogP contribution in [0.1, 0.15) is 11.7 Å². The minimum atomic E-state index is -2.90. The third-order valence-electron chi connectivity index (χ3n) is 3.48. The number of benzene rings is 1. The van der Waals surface area contributed by atoms with Gasteiger partial charge in [-0.15, -0.1) is 0 Å². The van der Waals surface area contributed by atoms with Crippen LogP contribution in [-0.4, -0.2) is 57.0 Å². The lowest BCUT2D eigenvalue weighted by Crippen LogP contribution is -2.43. The fourth-order valence-corrected chi connectivity index (χ4v) is 2.39. The molecule has 0 aromatic heterocycles. The quantitative estimate of drug-likeness (QED) is 0.747. The molecule has 0 unspecified atom stereocenters. The van der Waals surface area contributed by atoms with Gasteiger partial charge in [-0.3, -0.25) is 4.90 Å². The normalized spacial score (nSPS) is 20.3. The molecule has 0 aliphatic carbocycles. The predicted octanol–water partition coefficient (Wildman–Crippen LogP) is 2.17. The van der Waals surface area contributed by atoms with Crippen molar-refractivity contribution in [1.29, 1.82) is 0 Å². The molecule has 2 atom stereocenters. The molecule has 1 aromatic carbocycles. The maximum Gasteiger partial charge on any atom is 0.387 e. The monoisotopic (exact) mass is 333 g/mol. The topological polar surface area (TPSA) is 48.0 Å². The largest absolute Gasteiger partial charge is 0.467 e. The molecule has 1 aromatic rings. The average Bonchev–Trinajstić information content (AvgIpc) is 2.54. The average molecular weight is 333 g/mol. The molecule has 1 aliphatic heterocycles. The lowest BCUT2D eigenvalue weighted by atomic mass is 10.1. The highest BCUT2D eigenvalue weighted by molar-refractivity contribution is 5.74. The summed E-state index contributed by atoms with van der Waals surface area (Å²) < 4.78 is 52.5. The molecule has 0 saturated carbocycles. The molecule has 128 valence electrons. The molecule has 1 fully saturated rings. The molecule has 1 heterocycles. The molecule has 1 saturated heterocycles. The van der Waals surface area contributed by atoms with E-state index in [0.29, 0.717) is 25.3 Å². The van der Waals surface area contributed by atoms with E-state index in [9.17, 15) is 18.0 Å². The van der Waals surface area contributed by atoms with Crippen LogP contribution in [0, 0.1) is 0 Å². The van der Waals surface area contributed by atoms with Crippen molar-refractivity contribution in [3.05, 3.63) is 29.8 Å². The number of ether oxygens (including phenoxy) is 3. The summed E-state index contributed by atoms with van der Waals surface area (Å²) >= 11 is 0. The van der Waals surface area contributed by atoms with Gasteiger partial charge >= 0.3 is 12.6 Å². The maximum atomic E-state index is 13.7. The van der Waals surface area contributed by atoms with Gasteiger partial charge in [-0.2, -0.15) is 8.78 Å². The Bertz CT molecular complexity index is 529. The molecule has 0 spiro atoms. The van der Waals surface area contributed by atoms with Crippen molar-refractivity contribution >= 4 is 5.97 Å². The summed E-state index contributed by atoms with van der Waals surface area (Å²) in [6, 6.07) is 6.19. The number of morpholine rings is 1. The first-order chi connectivity index (χ1) is 11.0. The van der Waals surface area contributed by atoms with Crippen LogP contribution in [0.4, 0.5) is 13.2 Å². The Balaban J connectivity index is 1.99. The lowest BCUT2D eigenvalue weighted by Gasteiger charge is -2.33. The van der Waals surface area contributed by atoms with Crippen molar-refractivity contribution in [3.63, 3.8) is 0 Å². The molecule has 0 bridgehead atoms. The number of esters is 1. The highest BCUT2D eigenvalue weighted by Crippen LogP contribution is 2.26. The number of nitrogens with zero attached hydrogens (tertiary/aromatic N) is 1. The highest BCUT2D eigenvalue weighted by atomic mass is 19.3. The number of methoxy groups -OCH3 is 1. The van der Waals surface area contributed by atoms with Gasteiger partial charge in [0.25, 0.3) is 0 Å². The van der Waals surface area contributed by atoms with Gasteiger partial charge in [0.05, 0.1) is 19.8 Å². The van der Waals surface area contributed by atoms with E-state index in [-0.39, 0.29) is 12.3 Å². The van der Waals surface area contributed by atoms with Gasteiger partial charge in [0, 0.05) is 19.6 Å². The Kier molecular flexibility index (Phi) is 6.23. The fraction of sp³-hybridized carbons (Fsp3) is 0.533. The number of carbonyl (C=O) groups excluding carboxylic acids is 1. The second-order valence-corrected chi connectivity index (χ2v) is 5.06. The van der Waals surface area contributed by atoms with Crippen LogP contribution in [-0.2, 0) is 14.3 Å². The van der Waals surface area contributed by atoms with Crippen molar-refractivity contribution in [3.8, 4) is 5.75 Å². The van der Waals surface area contributed by atoms with Crippen molar-refractivity contribution < 1.29 is 32.2 Å². The third-order valence-corrected chi connectivity index (χ3v) is 3.48. The Morgan fingerprint density at radius 2 is 2.22 bits per heavy atom. The smallest absolute Gasteiger partial charge is 0.387 e. The van der Waals surface area contributed by atoms with E-state index in [1.807, 2.05) is 0 Å². The summed E-state index contributed by atoms with van der Waals surface area (Å²) in [6.45, 7) is -1.84. The van der Waals surface area contributed by atoms with E-state index >= 15 is 0 Å². The molecular weight excluding hydrogens is 315 g/mol. The van der Waals surface area contributed by atoms with Crippen LogP contribution < -0.4 is 4.74 Å². The van der Waals surface area contributed by atoms with Crippen molar-refractivity contribution in [1.82, 2.24) is 4.90 Å². The molecule has 2 rings (SSSR count). The van der Waals surface area contributed by atoms with Gasteiger partial charge < -0.3 is 14.2 Å². The molecule has 0 radical (unpaired) electrons. The van der Waals surface area contributed by atoms with E-state index in [4.69, 9.17) is 4.74 Å². The van der Waals surface area contributed by atoms with Gasteiger partial charge in [0.15, 0.2) is 0 Å². The second kappa shape index (κ2) is 8.16. The number of alkyl halides is 3. The molecule has 0 N–H and O–H groups in total.